The number of methoxy groups -OCH3 is 1. The van der Waals surface area contributed by atoms with E-state index in [9.17, 15) is 4.79 Å². The van der Waals surface area contributed by atoms with Crippen molar-refractivity contribution in [3.63, 3.8) is 0 Å². The molecule has 1 aliphatic rings. The van der Waals surface area contributed by atoms with E-state index in [1.165, 1.54) is 39.2 Å². The fourth-order valence-corrected chi connectivity index (χ4v) is 2.77. The standard InChI is InChI=1S/C15H23N3O2/c1-15(6-4-3-5-7-15)10-18-13-12(14(19)20-2)8-11(16)9-17-13/h8-9H,3-7,10,16H2,1-2H3,(H,17,18). The Morgan fingerprint density at radius 1 is 1.45 bits per heavy atom. The number of nitrogen functional groups attached to an aromatic ring is 1. The van der Waals surface area contributed by atoms with Crippen LogP contribution < -0.4 is 11.1 Å². The number of hydrogen-bond donors (Lipinski definition) is 2. The molecule has 5 heteroatoms. The Hall–Kier alpha value is -1.78. The number of pyridine rings is 1. The molecule has 0 saturated heterocycles. The highest BCUT2D eigenvalue weighted by atomic mass is 16.5. The molecule has 1 aromatic heterocycles. The number of nitrogens with one attached hydrogen (secondary N) is 1. The van der Waals surface area contributed by atoms with E-state index in [2.05, 4.69) is 17.2 Å². The summed E-state index contributed by atoms with van der Waals surface area (Å²) in [4.78, 5) is 16.0. The fraction of sp³-hybridized carbons (Fsp3) is 0.600. The van der Waals surface area contributed by atoms with E-state index in [0.29, 0.717) is 17.1 Å². The number of aromatic nitrogens is 1. The van der Waals surface area contributed by atoms with E-state index in [1.54, 1.807) is 12.3 Å². The molecule has 0 unspecified atom stereocenters. The molecule has 5 nitrogen and oxygen atoms in total. The Kier molecular flexibility index (Phi) is 4.47. The number of nitrogens with two attached hydrogens (primary N) is 1. The number of rotatable bonds is 4. The monoisotopic (exact) mass is 277 g/mol. The summed E-state index contributed by atoms with van der Waals surface area (Å²) in [5.41, 5.74) is 6.81. The lowest BCUT2D eigenvalue weighted by molar-refractivity contribution is 0.0601. The van der Waals surface area contributed by atoms with Crippen molar-refractivity contribution in [3.8, 4) is 0 Å². The number of carbonyl (C=O) groups is 1. The molecule has 20 heavy (non-hydrogen) atoms. The van der Waals surface area contributed by atoms with Crippen LogP contribution >= 0.6 is 0 Å². The van der Waals surface area contributed by atoms with Crippen LogP contribution in [0.2, 0.25) is 0 Å². The van der Waals surface area contributed by atoms with E-state index >= 15 is 0 Å². The van der Waals surface area contributed by atoms with Gasteiger partial charge in [0, 0.05) is 6.54 Å². The van der Waals surface area contributed by atoms with Gasteiger partial charge in [0.05, 0.1) is 19.0 Å². The Morgan fingerprint density at radius 3 is 2.80 bits per heavy atom. The summed E-state index contributed by atoms with van der Waals surface area (Å²) in [6, 6.07) is 1.60. The summed E-state index contributed by atoms with van der Waals surface area (Å²) in [7, 11) is 1.36. The molecular formula is C15H23N3O2. The zero-order valence-electron chi connectivity index (χ0n) is 12.2. The van der Waals surface area contributed by atoms with Crippen LogP contribution in [0.1, 0.15) is 49.4 Å². The maximum Gasteiger partial charge on any atom is 0.341 e. The Balaban J connectivity index is 2.10. The van der Waals surface area contributed by atoms with Gasteiger partial charge in [-0.05, 0) is 24.3 Å². The SMILES string of the molecule is COC(=O)c1cc(N)cnc1NCC1(C)CCCCC1. The summed E-state index contributed by atoms with van der Waals surface area (Å²) < 4.78 is 4.77. The molecule has 0 bridgehead atoms. The average Bonchev–Trinajstić information content (AvgIpc) is 2.46. The quantitative estimate of drug-likeness (QED) is 0.827. The van der Waals surface area contributed by atoms with Gasteiger partial charge < -0.3 is 15.8 Å². The van der Waals surface area contributed by atoms with Gasteiger partial charge in [0.25, 0.3) is 0 Å². The van der Waals surface area contributed by atoms with Gasteiger partial charge in [-0.25, -0.2) is 9.78 Å². The van der Waals surface area contributed by atoms with Crippen LogP contribution in [0, 0.1) is 5.41 Å². The van der Waals surface area contributed by atoms with Crippen molar-refractivity contribution in [2.45, 2.75) is 39.0 Å². The predicted octanol–water partition coefficient (Wildman–Crippen LogP) is 2.83. The number of esters is 1. The van der Waals surface area contributed by atoms with Crippen LogP contribution in [0.15, 0.2) is 12.3 Å². The molecule has 3 N–H and O–H groups in total. The smallest absolute Gasteiger partial charge is 0.341 e. The van der Waals surface area contributed by atoms with E-state index in [1.807, 2.05) is 0 Å². The van der Waals surface area contributed by atoms with Gasteiger partial charge in [-0.3, -0.25) is 0 Å². The van der Waals surface area contributed by atoms with Crippen LogP contribution in [-0.4, -0.2) is 24.6 Å². The van der Waals surface area contributed by atoms with Gasteiger partial charge in [0.15, 0.2) is 0 Å². The van der Waals surface area contributed by atoms with E-state index in [4.69, 9.17) is 10.5 Å². The lowest BCUT2D eigenvalue weighted by Gasteiger charge is -2.34. The molecule has 1 heterocycles. The lowest BCUT2D eigenvalue weighted by Crippen LogP contribution is -2.29. The first-order valence-corrected chi connectivity index (χ1v) is 7.12. The predicted molar refractivity (Wildman–Crippen MR) is 79.7 cm³/mol. The molecule has 1 fully saturated rings. The third kappa shape index (κ3) is 3.40. The second-order valence-corrected chi connectivity index (χ2v) is 5.88. The van der Waals surface area contributed by atoms with Crippen molar-refractivity contribution in [3.05, 3.63) is 17.8 Å². The first-order valence-electron chi connectivity index (χ1n) is 7.12. The molecule has 0 aliphatic heterocycles. The van der Waals surface area contributed by atoms with Gasteiger partial charge in [-0.2, -0.15) is 0 Å². The molecule has 0 radical (unpaired) electrons. The summed E-state index contributed by atoms with van der Waals surface area (Å²) in [6.45, 7) is 3.10. The second-order valence-electron chi connectivity index (χ2n) is 5.88. The summed E-state index contributed by atoms with van der Waals surface area (Å²) in [5.74, 6) is 0.138. The van der Waals surface area contributed by atoms with Crippen molar-refractivity contribution < 1.29 is 9.53 Å². The molecule has 0 atom stereocenters. The number of ether oxygens (including phenoxy) is 1. The van der Waals surface area contributed by atoms with Crippen molar-refractivity contribution in [2.24, 2.45) is 5.41 Å². The van der Waals surface area contributed by atoms with Crippen LogP contribution in [0.4, 0.5) is 11.5 Å². The van der Waals surface area contributed by atoms with Crippen molar-refractivity contribution >= 4 is 17.5 Å². The van der Waals surface area contributed by atoms with Gasteiger partial charge in [0.2, 0.25) is 0 Å². The van der Waals surface area contributed by atoms with Crippen LogP contribution in [0.3, 0.4) is 0 Å². The highest BCUT2D eigenvalue weighted by molar-refractivity contribution is 5.95. The molecule has 0 amide bonds. The first-order chi connectivity index (χ1) is 9.54. The maximum absolute atomic E-state index is 11.8. The molecule has 1 aliphatic carbocycles. The molecule has 0 spiro atoms. The highest BCUT2D eigenvalue weighted by Gasteiger charge is 2.27. The van der Waals surface area contributed by atoms with Crippen molar-refractivity contribution in [1.29, 1.82) is 0 Å². The van der Waals surface area contributed by atoms with E-state index in [-0.39, 0.29) is 5.41 Å². The molecular weight excluding hydrogens is 254 g/mol. The number of anilines is 2. The fourth-order valence-electron chi connectivity index (χ4n) is 2.77. The van der Waals surface area contributed by atoms with E-state index in [0.717, 1.165) is 6.54 Å². The molecule has 0 aromatic carbocycles. The minimum atomic E-state index is -0.416. The zero-order valence-corrected chi connectivity index (χ0v) is 12.2. The number of hydrogen-bond acceptors (Lipinski definition) is 5. The van der Waals surface area contributed by atoms with E-state index < -0.39 is 5.97 Å². The average molecular weight is 277 g/mol. The molecule has 1 aromatic rings. The normalized spacial score (nSPS) is 17.5. The number of nitrogens with zero attached hydrogens (tertiary/aromatic N) is 1. The van der Waals surface area contributed by atoms with Gasteiger partial charge in [-0.15, -0.1) is 0 Å². The van der Waals surface area contributed by atoms with Crippen molar-refractivity contribution in [2.75, 3.05) is 24.7 Å². The topological polar surface area (TPSA) is 77.2 Å². The summed E-state index contributed by atoms with van der Waals surface area (Å²) in [6.07, 6.45) is 7.85. The first kappa shape index (κ1) is 14.6. The Morgan fingerprint density at radius 2 is 2.15 bits per heavy atom. The Bertz CT molecular complexity index is 482. The zero-order chi connectivity index (χ0) is 14.6. The third-order valence-electron chi connectivity index (χ3n) is 4.06. The van der Waals surface area contributed by atoms with Crippen molar-refractivity contribution in [1.82, 2.24) is 4.98 Å². The minimum absolute atomic E-state index is 0.273. The van der Waals surface area contributed by atoms with Crippen LogP contribution in [0.5, 0.6) is 0 Å². The second kappa shape index (κ2) is 6.11. The lowest BCUT2D eigenvalue weighted by atomic mass is 9.76. The minimum Gasteiger partial charge on any atom is -0.465 e. The maximum atomic E-state index is 11.8. The molecule has 110 valence electrons. The largest absolute Gasteiger partial charge is 0.465 e. The Labute approximate surface area is 119 Å². The van der Waals surface area contributed by atoms with Gasteiger partial charge >= 0.3 is 5.97 Å². The van der Waals surface area contributed by atoms with Gasteiger partial charge in [-0.1, -0.05) is 26.2 Å². The molecule has 1 saturated carbocycles. The summed E-state index contributed by atoms with van der Waals surface area (Å²) >= 11 is 0. The van der Waals surface area contributed by atoms with Crippen LogP contribution in [-0.2, 0) is 4.74 Å². The van der Waals surface area contributed by atoms with Gasteiger partial charge in [0.1, 0.15) is 11.4 Å². The van der Waals surface area contributed by atoms with Crippen LogP contribution in [0.25, 0.3) is 0 Å². The number of carbonyl (C=O) groups excluding carboxylic acids is 1. The molecule has 2 rings (SSSR count). The third-order valence-corrected chi connectivity index (χ3v) is 4.06. The highest BCUT2D eigenvalue weighted by Crippen LogP contribution is 2.35. The summed E-state index contributed by atoms with van der Waals surface area (Å²) in [5, 5.41) is 3.30.